The van der Waals surface area contributed by atoms with Gasteiger partial charge in [0.05, 0.1) is 6.61 Å². The average molecular weight is 270 g/mol. The first kappa shape index (κ1) is 14.9. The summed E-state index contributed by atoms with van der Waals surface area (Å²) in [6.07, 6.45) is 5.05. The van der Waals surface area contributed by atoms with Crippen LogP contribution in [0.1, 0.15) is 45.1 Å². The van der Waals surface area contributed by atoms with Crippen LogP contribution < -0.4 is 4.74 Å². The predicted molar refractivity (Wildman–Crippen MR) is 87.5 cm³/mol. The van der Waals surface area contributed by atoms with E-state index in [-0.39, 0.29) is 0 Å². The van der Waals surface area contributed by atoms with Gasteiger partial charge in [-0.25, -0.2) is 0 Å². The fourth-order valence-corrected chi connectivity index (χ4v) is 2.55. The van der Waals surface area contributed by atoms with Crippen molar-refractivity contribution < 1.29 is 4.74 Å². The molecule has 2 aromatic carbocycles. The molecule has 1 nitrogen and oxygen atoms in total. The summed E-state index contributed by atoms with van der Waals surface area (Å²) in [4.78, 5) is 0. The Morgan fingerprint density at radius 1 is 1.00 bits per heavy atom. The topological polar surface area (TPSA) is 9.23 Å². The molecule has 2 rings (SSSR count). The Morgan fingerprint density at radius 3 is 2.50 bits per heavy atom. The van der Waals surface area contributed by atoms with E-state index in [2.05, 4.69) is 57.2 Å². The Labute approximate surface area is 123 Å². The third-order valence-electron chi connectivity index (χ3n) is 4.00. The van der Waals surface area contributed by atoms with E-state index < -0.39 is 0 Å². The van der Waals surface area contributed by atoms with E-state index in [9.17, 15) is 0 Å². The van der Waals surface area contributed by atoms with Crippen LogP contribution in [-0.2, 0) is 0 Å². The van der Waals surface area contributed by atoms with Crippen LogP contribution in [0.3, 0.4) is 0 Å². The molecule has 0 aliphatic heterocycles. The highest BCUT2D eigenvalue weighted by Gasteiger charge is 2.07. The Bertz CT molecular complexity index is 544. The minimum absolute atomic E-state index is 0.684. The van der Waals surface area contributed by atoms with Gasteiger partial charge in [0.15, 0.2) is 0 Å². The first-order chi connectivity index (χ1) is 9.72. The molecule has 0 aliphatic carbocycles. The standard InChI is InChI=1S/C19H26O/c1-4-6-7-16(5-2)14-20-19-11-10-17-12-15(3)8-9-18(17)13-19/h8-13,16H,4-7,14H2,1-3H3. The van der Waals surface area contributed by atoms with Gasteiger partial charge in [0.2, 0.25) is 0 Å². The molecule has 108 valence electrons. The first-order valence-corrected chi connectivity index (χ1v) is 7.86. The summed E-state index contributed by atoms with van der Waals surface area (Å²) in [5, 5.41) is 2.55. The van der Waals surface area contributed by atoms with Gasteiger partial charge in [-0.1, -0.05) is 62.9 Å². The molecule has 0 amide bonds. The molecule has 0 saturated carbocycles. The summed E-state index contributed by atoms with van der Waals surface area (Å²) in [6, 6.07) is 12.9. The molecule has 1 atom stereocenters. The minimum atomic E-state index is 0.684. The number of rotatable bonds is 7. The zero-order valence-electron chi connectivity index (χ0n) is 13.0. The number of unbranched alkanes of at least 4 members (excludes halogenated alkanes) is 1. The van der Waals surface area contributed by atoms with Crippen molar-refractivity contribution in [3.05, 3.63) is 42.0 Å². The van der Waals surface area contributed by atoms with Crippen molar-refractivity contribution >= 4 is 10.8 Å². The molecular formula is C19H26O. The predicted octanol–water partition coefficient (Wildman–Crippen LogP) is 5.74. The third kappa shape index (κ3) is 4.00. The highest BCUT2D eigenvalue weighted by atomic mass is 16.5. The molecule has 0 aromatic heterocycles. The van der Waals surface area contributed by atoms with Gasteiger partial charge in [-0.15, -0.1) is 0 Å². The maximum atomic E-state index is 5.99. The number of hydrogen-bond acceptors (Lipinski definition) is 1. The summed E-state index contributed by atoms with van der Waals surface area (Å²) in [6.45, 7) is 7.48. The number of aryl methyl sites for hydroxylation is 1. The first-order valence-electron chi connectivity index (χ1n) is 7.86. The second kappa shape index (κ2) is 7.33. The lowest BCUT2D eigenvalue weighted by molar-refractivity contribution is 0.233. The van der Waals surface area contributed by atoms with Gasteiger partial charge in [0, 0.05) is 0 Å². The van der Waals surface area contributed by atoms with Gasteiger partial charge in [-0.3, -0.25) is 0 Å². The highest BCUT2D eigenvalue weighted by molar-refractivity contribution is 5.84. The van der Waals surface area contributed by atoms with Gasteiger partial charge in [-0.05, 0) is 42.2 Å². The summed E-state index contributed by atoms with van der Waals surface area (Å²) in [5.41, 5.74) is 1.30. The van der Waals surface area contributed by atoms with Crippen molar-refractivity contribution in [3.8, 4) is 5.75 Å². The molecule has 1 heteroatoms. The van der Waals surface area contributed by atoms with Crippen LogP contribution in [0.2, 0.25) is 0 Å². The third-order valence-corrected chi connectivity index (χ3v) is 4.00. The summed E-state index contributed by atoms with van der Waals surface area (Å²) >= 11 is 0. The summed E-state index contributed by atoms with van der Waals surface area (Å²) in [5.74, 6) is 1.68. The van der Waals surface area contributed by atoms with E-state index in [0.29, 0.717) is 5.92 Å². The van der Waals surface area contributed by atoms with Crippen LogP contribution in [0, 0.1) is 12.8 Å². The van der Waals surface area contributed by atoms with Gasteiger partial charge in [0.25, 0.3) is 0 Å². The van der Waals surface area contributed by atoms with Crippen molar-refractivity contribution in [1.29, 1.82) is 0 Å². The monoisotopic (exact) mass is 270 g/mol. The van der Waals surface area contributed by atoms with Crippen molar-refractivity contribution in [3.63, 3.8) is 0 Å². The summed E-state index contributed by atoms with van der Waals surface area (Å²) in [7, 11) is 0. The van der Waals surface area contributed by atoms with Gasteiger partial charge in [0.1, 0.15) is 5.75 Å². The highest BCUT2D eigenvalue weighted by Crippen LogP contribution is 2.23. The van der Waals surface area contributed by atoms with E-state index in [0.717, 1.165) is 12.4 Å². The van der Waals surface area contributed by atoms with E-state index in [1.807, 2.05) is 0 Å². The normalized spacial score (nSPS) is 12.6. The maximum Gasteiger partial charge on any atom is 0.119 e. The molecule has 0 spiro atoms. The molecule has 0 N–H and O–H groups in total. The van der Waals surface area contributed by atoms with Crippen molar-refractivity contribution in [2.24, 2.45) is 5.92 Å². The van der Waals surface area contributed by atoms with Gasteiger partial charge >= 0.3 is 0 Å². The molecule has 0 saturated heterocycles. The summed E-state index contributed by atoms with van der Waals surface area (Å²) < 4.78 is 5.99. The van der Waals surface area contributed by atoms with Crippen molar-refractivity contribution in [2.45, 2.75) is 46.5 Å². The van der Waals surface area contributed by atoms with E-state index in [1.54, 1.807) is 0 Å². The Morgan fingerprint density at radius 2 is 1.75 bits per heavy atom. The van der Waals surface area contributed by atoms with E-state index in [1.165, 1.54) is 42.0 Å². The molecule has 0 fully saturated rings. The molecule has 0 radical (unpaired) electrons. The minimum Gasteiger partial charge on any atom is -0.493 e. The van der Waals surface area contributed by atoms with Gasteiger partial charge in [-0.2, -0.15) is 0 Å². The second-order valence-corrected chi connectivity index (χ2v) is 5.74. The SMILES string of the molecule is CCCCC(CC)COc1ccc2cc(C)ccc2c1. The van der Waals surface area contributed by atoms with Crippen LogP contribution >= 0.6 is 0 Å². The molecule has 20 heavy (non-hydrogen) atoms. The van der Waals surface area contributed by atoms with Crippen LogP contribution in [0.25, 0.3) is 10.8 Å². The lowest BCUT2D eigenvalue weighted by Gasteiger charge is -2.16. The van der Waals surface area contributed by atoms with Crippen molar-refractivity contribution in [1.82, 2.24) is 0 Å². The smallest absolute Gasteiger partial charge is 0.119 e. The van der Waals surface area contributed by atoms with Crippen LogP contribution in [-0.4, -0.2) is 6.61 Å². The fraction of sp³-hybridized carbons (Fsp3) is 0.474. The maximum absolute atomic E-state index is 5.99. The second-order valence-electron chi connectivity index (χ2n) is 5.74. The Kier molecular flexibility index (Phi) is 5.46. The van der Waals surface area contributed by atoms with Crippen molar-refractivity contribution in [2.75, 3.05) is 6.61 Å². The zero-order chi connectivity index (χ0) is 14.4. The molecule has 2 aromatic rings. The molecule has 0 aliphatic rings. The Hall–Kier alpha value is -1.50. The largest absolute Gasteiger partial charge is 0.493 e. The number of benzene rings is 2. The Balaban J connectivity index is 2.00. The molecule has 1 unspecified atom stereocenters. The van der Waals surface area contributed by atoms with E-state index >= 15 is 0 Å². The lowest BCUT2D eigenvalue weighted by atomic mass is 10.0. The molecule has 0 heterocycles. The van der Waals surface area contributed by atoms with E-state index in [4.69, 9.17) is 4.74 Å². The lowest BCUT2D eigenvalue weighted by Crippen LogP contribution is -2.11. The zero-order valence-corrected chi connectivity index (χ0v) is 13.0. The van der Waals surface area contributed by atoms with Crippen LogP contribution in [0.15, 0.2) is 36.4 Å². The van der Waals surface area contributed by atoms with Gasteiger partial charge < -0.3 is 4.74 Å². The quantitative estimate of drug-likeness (QED) is 0.623. The molecule has 0 bridgehead atoms. The fourth-order valence-electron chi connectivity index (χ4n) is 2.55. The number of ether oxygens (including phenoxy) is 1. The van der Waals surface area contributed by atoms with Crippen LogP contribution in [0.4, 0.5) is 0 Å². The number of hydrogen-bond donors (Lipinski definition) is 0. The molecular weight excluding hydrogens is 244 g/mol. The van der Waals surface area contributed by atoms with Crippen LogP contribution in [0.5, 0.6) is 5.75 Å². The number of fused-ring (bicyclic) bond motifs is 1. The average Bonchev–Trinajstić information content (AvgIpc) is 2.47.